The van der Waals surface area contributed by atoms with Crippen molar-refractivity contribution in [2.75, 3.05) is 5.32 Å². The van der Waals surface area contributed by atoms with E-state index in [0.29, 0.717) is 16.9 Å². The normalized spacial score (nSPS) is 10.8. The highest BCUT2D eigenvalue weighted by atomic mass is 16.4. The van der Waals surface area contributed by atoms with Crippen molar-refractivity contribution in [3.63, 3.8) is 0 Å². The highest BCUT2D eigenvalue weighted by Gasteiger charge is 2.28. The summed E-state index contributed by atoms with van der Waals surface area (Å²) in [6.07, 6.45) is 0. The Morgan fingerprint density at radius 2 is 2.12 bits per heavy atom. The van der Waals surface area contributed by atoms with Gasteiger partial charge in [0.25, 0.3) is 0 Å². The van der Waals surface area contributed by atoms with Crippen molar-refractivity contribution in [3.05, 3.63) is 23.0 Å². The van der Waals surface area contributed by atoms with Crippen LogP contribution in [0.25, 0.3) is 0 Å². The molecule has 5 heteroatoms. The van der Waals surface area contributed by atoms with E-state index in [9.17, 15) is 4.79 Å². The minimum absolute atomic E-state index is 0.380. The molecule has 0 radical (unpaired) electrons. The van der Waals surface area contributed by atoms with Gasteiger partial charge in [-0.3, -0.25) is 4.98 Å². The molecule has 0 aromatic carbocycles. The van der Waals surface area contributed by atoms with E-state index in [4.69, 9.17) is 10.4 Å². The van der Waals surface area contributed by atoms with Crippen molar-refractivity contribution < 1.29 is 9.90 Å². The molecule has 0 atom stereocenters. The Hall–Kier alpha value is -2.09. The van der Waals surface area contributed by atoms with Gasteiger partial charge in [-0.15, -0.1) is 0 Å². The third-order valence-electron chi connectivity index (χ3n) is 2.42. The summed E-state index contributed by atoms with van der Waals surface area (Å²) in [6.45, 7) is 6.61. The minimum Gasteiger partial charge on any atom is -0.480 e. The maximum Gasteiger partial charge on any atom is 0.328 e. The van der Waals surface area contributed by atoms with Gasteiger partial charge in [0.15, 0.2) is 0 Å². The van der Waals surface area contributed by atoms with Gasteiger partial charge in [0.1, 0.15) is 11.6 Å². The predicted molar refractivity (Wildman–Crippen MR) is 63.8 cm³/mol. The average Bonchev–Trinajstić information content (AvgIpc) is 2.15. The molecular weight excluding hydrogens is 218 g/mol. The predicted octanol–water partition coefficient (Wildman–Crippen LogP) is 1.85. The second-order valence-corrected chi connectivity index (χ2v) is 4.44. The average molecular weight is 233 g/mol. The lowest BCUT2D eigenvalue weighted by Crippen LogP contribution is -2.40. The Labute approximate surface area is 100 Å². The second-order valence-electron chi connectivity index (χ2n) is 4.44. The Morgan fingerprint density at radius 1 is 1.53 bits per heavy atom. The number of carbonyl (C=O) groups is 1. The number of aromatic nitrogens is 1. The highest BCUT2D eigenvalue weighted by Crippen LogP contribution is 2.22. The van der Waals surface area contributed by atoms with Crippen LogP contribution in [0.2, 0.25) is 0 Å². The van der Waals surface area contributed by atoms with Crippen LogP contribution in [0.15, 0.2) is 6.07 Å². The van der Waals surface area contributed by atoms with Crippen LogP contribution >= 0.6 is 0 Å². The fourth-order valence-electron chi connectivity index (χ4n) is 1.46. The number of nitrogens with zero attached hydrogens (tertiary/aromatic N) is 2. The third-order valence-corrected chi connectivity index (χ3v) is 2.42. The fourth-order valence-corrected chi connectivity index (χ4v) is 1.46. The van der Waals surface area contributed by atoms with E-state index in [-0.39, 0.29) is 0 Å². The smallest absolute Gasteiger partial charge is 0.328 e. The Bertz CT molecular complexity index is 501. The van der Waals surface area contributed by atoms with Crippen molar-refractivity contribution in [2.24, 2.45) is 0 Å². The zero-order chi connectivity index (χ0) is 13.2. The lowest BCUT2D eigenvalue weighted by Gasteiger charge is -2.23. The summed E-state index contributed by atoms with van der Waals surface area (Å²) in [5.41, 5.74) is 1.09. The quantitative estimate of drug-likeness (QED) is 0.832. The molecule has 0 fully saturated rings. The van der Waals surface area contributed by atoms with Crippen LogP contribution in [0.1, 0.15) is 30.8 Å². The van der Waals surface area contributed by atoms with Crippen molar-refractivity contribution in [1.29, 1.82) is 5.26 Å². The number of hydrogen-bond acceptors (Lipinski definition) is 4. The molecule has 17 heavy (non-hydrogen) atoms. The molecule has 0 aliphatic heterocycles. The van der Waals surface area contributed by atoms with Gasteiger partial charge >= 0.3 is 5.97 Å². The van der Waals surface area contributed by atoms with Crippen molar-refractivity contribution >= 4 is 11.7 Å². The van der Waals surface area contributed by atoms with E-state index in [0.717, 1.165) is 5.69 Å². The van der Waals surface area contributed by atoms with Gasteiger partial charge in [0, 0.05) is 5.69 Å². The van der Waals surface area contributed by atoms with Crippen LogP contribution in [0.3, 0.4) is 0 Å². The molecule has 0 unspecified atom stereocenters. The number of anilines is 1. The summed E-state index contributed by atoms with van der Waals surface area (Å²) < 4.78 is 0. The molecular formula is C12H15N3O2. The Morgan fingerprint density at radius 3 is 2.59 bits per heavy atom. The fraction of sp³-hybridized carbons (Fsp3) is 0.417. The topological polar surface area (TPSA) is 86.0 Å². The molecule has 1 rings (SSSR count). The van der Waals surface area contributed by atoms with E-state index in [1.807, 2.05) is 6.07 Å². The monoisotopic (exact) mass is 233 g/mol. The van der Waals surface area contributed by atoms with Gasteiger partial charge in [-0.25, -0.2) is 4.79 Å². The van der Waals surface area contributed by atoms with Gasteiger partial charge in [-0.1, -0.05) is 0 Å². The molecule has 0 aliphatic rings. The van der Waals surface area contributed by atoms with Crippen LogP contribution in [-0.4, -0.2) is 21.6 Å². The van der Waals surface area contributed by atoms with Gasteiger partial charge in [0.2, 0.25) is 0 Å². The SMILES string of the molecule is Cc1cc(NC(C)(C)C(=O)O)c(C#N)c(C)n1. The van der Waals surface area contributed by atoms with Crippen molar-refractivity contribution in [2.45, 2.75) is 33.2 Å². The number of pyridine rings is 1. The van der Waals surface area contributed by atoms with Crippen molar-refractivity contribution in [1.82, 2.24) is 4.98 Å². The molecule has 1 aromatic heterocycles. The van der Waals surface area contributed by atoms with E-state index < -0.39 is 11.5 Å². The van der Waals surface area contributed by atoms with Crippen LogP contribution in [0, 0.1) is 25.2 Å². The number of aryl methyl sites for hydroxylation is 2. The first-order valence-corrected chi connectivity index (χ1v) is 5.18. The third kappa shape index (κ3) is 2.72. The summed E-state index contributed by atoms with van der Waals surface area (Å²) in [4.78, 5) is 15.2. The summed E-state index contributed by atoms with van der Waals surface area (Å²) in [7, 11) is 0. The molecule has 0 bridgehead atoms. The molecule has 0 aliphatic carbocycles. The van der Waals surface area contributed by atoms with Gasteiger partial charge in [0.05, 0.1) is 16.9 Å². The maximum absolute atomic E-state index is 11.0. The first-order valence-electron chi connectivity index (χ1n) is 5.18. The summed E-state index contributed by atoms with van der Waals surface area (Å²) >= 11 is 0. The molecule has 2 N–H and O–H groups in total. The molecule has 0 amide bonds. The zero-order valence-electron chi connectivity index (χ0n) is 10.3. The number of nitriles is 1. The van der Waals surface area contributed by atoms with Gasteiger partial charge < -0.3 is 10.4 Å². The largest absolute Gasteiger partial charge is 0.480 e. The molecule has 1 aromatic rings. The maximum atomic E-state index is 11.0. The molecule has 1 heterocycles. The second kappa shape index (κ2) is 4.42. The first-order chi connectivity index (χ1) is 7.77. The summed E-state index contributed by atoms with van der Waals surface area (Å²) in [6, 6.07) is 3.71. The summed E-state index contributed by atoms with van der Waals surface area (Å²) in [5, 5.41) is 20.9. The van der Waals surface area contributed by atoms with Crippen LogP contribution in [-0.2, 0) is 4.79 Å². The van der Waals surface area contributed by atoms with E-state index in [1.165, 1.54) is 0 Å². The molecule has 0 spiro atoms. The van der Waals surface area contributed by atoms with E-state index >= 15 is 0 Å². The number of nitrogens with one attached hydrogen (secondary N) is 1. The minimum atomic E-state index is -1.13. The number of carboxylic acid groups (broad SMARTS) is 1. The lowest BCUT2D eigenvalue weighted by molar-refractivity contribution is -0.141. The summed E-state index contributed by atoms with van der Waals surface area (Å²) in [5.74, 6) is -0.978. The number of aliphatic carboxylic acids is 1. The first kappa shape index (κ1) is 13.0. The number of carboxylic acids is 1. The zero-order valence-corrected chi connectivity index (χ0v) is 10.3. The highest BCUT2D eigenvalue weighted by molar-refractivity contribution is 5.82. The van der Waals surface area contributed by atoms with Gasteiger partial charge in [-0.05, 0) is 33.8 Å². The molecule has 0 saturated heterocycles. The number of hydrogen-bond donors (Lipinski definition) is 2. The Kier molecular flexibility index (Phi) is 3.37. The lowest BCUT2D eigenvalue weighted by atomic mass is 10.0. The van der Waals surface area contributed by atoms with E-state index in [1.54, 1.807) is 33.8 Å². The number of rotatable bonds is 3. The Balaban J connectivity index is 3.24. The van der Waals surface area contributed by atoms with E-state index in [2.05, 4.69) is 10.3 Å². The standard InChI is InChI=1S/C12H15N3O2/c1-7-5-10(9(6-13)8(2)14-7)15-12(3,4)11(16)17/h5H,1-4H3,(H,14,15)(H,16,17). The molecule has 5 nitrogen and oxygen atoms in total. The molecule has 90 valence electrons. The van der Waals surface area contributed by atoms with Crippen LogP contribution < -0.4 is 5.32 Å². The van der Waals surface area contributed by atoms with Gasteiger partial charge in [-0.2, -0.15) is 5.26 Å². The van der Waals surface area contributed by atoms with Crippen LogP contribution in [0.5, 0.6) is 0 Å². The van der Waals surface area contributed by atoms with Crippen molar-refractivity contribution in [3.8, 4) is 6.07 Å². The van der Waals surface area contributed by atoms with Crippen LogP contribution in [0.4, 0.5) is 5.69 Å². The molecule has 0 saturated carbocycles.